The minimum Gasteiger partial charge on any atom is -0.477 e. The lowest BCUT2D eigenvalue weighted by atomic mass is 10.2. The molecule has 3 heterocycles. The smallest absolute Gasteiger partial charge is 0.343 e. The van der Waals surface area contributed by atoms with Crippen molar-refractivity contribution in [2.75, 3.05) is 0 Å². The summed E-state index contributed by atoms with van der Waals surface area (Å²) in [6, 6.07) is 15.0. The van der Waals surface area contributed by atoms with E-state index in [2.05, 4.69) is 12.1 Å². The van der Waals surface area contributed by atoms with Gasteiger partial charge in [-0.15, -0.1) is 34.0 Å². The molecule has 0 aliphatic carbocycles. The summed E-state index contributed by atoms with van der Waals surface area (Å²) >= 11 is 4.03. The minimum absolute atomic E-state index is 0.369. The maximum atomic E-state index is 11.0. The lowest BCUT2D eigenvalue weighted by Crippen LogP contribution is -2.10. The van der Waals surface area contributed by atoms with Crippen LogP contribution < -0.4 is 0 Å². The number of rotatable bonds is 7. The molecule has 0 aromatic carbocycles. The number of thiophene rings is 3. The summed E-state index contributed by atoms with van der Waals surface area (Å²) in [5.41, 5.74) is 0.188. The van der Waals surface area contributed by atoms with Crippen molar-refractivity contribution in [3.05, 3.63) is 71.7 Å². The predicted molar refractivity (Wildman–Crippen MR) is 123 cm³/mol. The Morgan fingerprint density at radius 3 is 1.84 bits per heavy atom. The van der Waals surface area contributed by atoms with Gasteiger partial charge in [-0.1, -0.05) is 6.07 Å². The first-order valence-electron chi connectivity index (χ1n) is 8.57. The topological polar surface area (TPSA) is 122 Å². The van der Waals surface area contributed by atoms with Crippen LogP contribution in [0.3, 0.4) is 0 Å². The summed E-state index contributed by atoms with van der Waals surface area (Å²) in [5.74, 6) is -3.06. The highest BCUT2D eigenvalue weighted by atomic mass is 32.1. The van der Waals surface area contributed by atoms with E-state index >= 15 is 0 Å². The van der Waals surface area contributed by atoms with Crippen molar-refractivity contribution in [2.24, 2.45) is 0 Å². The van der Waals surface area contributed by atoms with Gasteiger partial charge in [0.1, 0.15) is 17.7 Å². The van der Waals surface area contributed by atoms with Gasteiger partial charge in [-0.05, 0) is 53.9 Å². The van der Waals surface area contributed by atoms with Gasteiger partial charge in [0.25, 0.3) is 0 Å². The average Bonchev–Trinajstić information content (AvgIpc) is 3.50. The van der Waals surface area contributed by atoms with Crippen molar-refractivity contribution in [3.8, 4) is 12.1 Å². The Balaban J connectivity index is 1.87. The molecule has 2 N–H and O–H groups in total. The summed E-state index contributed by atoms with van der Waals surface area (Å²) in [5, 5.41) is 38.8. The molecule has 3 rings (SSSR count). The molecule has 0 aliphatic rings. The van der Waals surface area contributed by atoms with Gasteiger partial charge in [0.05, 0.1) is 11.1 Å². The molecule has 0 atom stereocenters. The van der Waals surface area contributed by atoms with Crippen molar-refractivity contribution < 1.29 is 19.8 Å². The maximum absolute atomic E-state index is 11.0. The molecule has 3 aromatic heterocycles. The number of carbonyl (C=O) groups is 2. The van der Waals surface area contributed by atoms with Gasteiger partial charge < -0.3 is 10.2 Å². The molecular formula is C22H12N2O4S3. The molecule has 3 aromatic rings. The van der Waals surface area contributed by atoms with E-state index in [0.29, 0.717) is 20.9 Å². The zero-order chi connectivity index (χ0) is 22.4. The van der Waals surface area contributed by atoms with Crippen LogP contribution in [-0.2, 0) is 9.59 Å². The summed E-state index contributed by atoms with van der Waals surface area (Å²) in [4.78, 5) is 25.6. The first-order valence-corrected chi connectivity index (χ1v) is 11.1. The zero-order valence-electron chi connectivity index (χ0n) is 15.6. The number of carboxylic acid groups (broad SMARTS) is 2. The quantitative estimate of drug-likeness (QED) is 0.204. The van der Waals surface area contributed by atoms with Gasteiger partial charge in [0.2, 0.25) is 0 Å². The van der Waals surface area contributed by atoms with E-state index in [1.165, 1.54) is 22.7 Å². The van der Waals surface area contributed by atoms with Crippen LogP contribution in [0.15, 0.2) is 47.4 Å². The van der Waals surface area contributed by atoms with Crippen LogP contribution in [-0.4, -0.2) is 22.2 Å². The number of nitrogens with zero attached hydrogens (tertiary/aromatic N) is 2. The summed E-state index contributed by atoms with van der Waals surface area (Å²) < 4.78 is 0. The van der Waals surface area contributed by atoms with Crippen LogP contribution in [0.2, 0.25) is 0 Å². The monoisotopic (exact) mass is 464 g/mol. The van der Waals surface area contributed by atoms with Crippen molar-refractivity contribution in [3.63, 3.8) is 0 Å². The summed E-state index contributed by atoms with van der Waals surface area (Å²) in [7, 11) is 0. The summed E-state index contributed by atoms with van der Waals surface area (Å²) in [6.45, 7) is 0. The van der Waals surface area contributed by atoms with Gasteiger partial charge >= 0.3 is 11.9 Å². The number of hydrogen-bond acceptors (Lipinski definition) is 7. The third-order valence-corrected chi connectivity index (χ3v) is 6.84. The number of aliphatic carboxylic acids is 2. The Hall–Kier alpha value is -3.76. The molecule has 9 heteroatoms. The molecule has 0 spiro atoms. The zero-order valence-corrected chi connectivity index (χ0v) is 18.1. The molecule has 0 unspecified atom stereocenters. The van der Waals surface area contributed by atoms with Gasteiger partial charge in [0.15, 0.2) is 0 Å². The highest BCUT2D eigenvalue weighted by Gasteiger charge is 2.16. The van der Waals surface area contributed by atoms with E-state index in [1.807, 2.05) is 29.6 Å². The van der Waals surface area contributed by atoms with Crippen molar-refractivity contribution in [2.45, 2.75) is 0 Å². The molecule has 0 amide bonds. The molecule has 0 bridgehead atoms. The van der Waals surface area contributed by atoms with E-state index in [0.717, 1.165) is 32.0 Å². The minimum atomic E-state index is -1.53. The molecule has 0 saturated heterocycles. The van der Waals surface area contributed by atoms with Crippen LogP contribution in [0.1, 0.15) is 24.4 Å². The number of nitriles is 2. The van der Waals surface area contributed by atoms with Crippen LogP contribution in [0.4, 0.5) is 0 Å². The second-order valence-corrected chi connectivity index (χ2v) is 9.14. The molecule has 6 nitrogen and oxygen atoms in total. The molecule has 0 aliphatic heterocycles. The maximum Gasteiger partial charge on any atom is 0.343 e. The summed E-state index contributed by atoms with van der Waals surface area (Å²) in [6.07, 6.45) is 4.57. The van der Waals surface area contributed by atoms with Crippen molar-refractivity contribution >= 4 is 75.3 Å². The SMILES string of the molecule is N#C/C(=C\c1ccc(/C=C(\C#N)c2ccc(C=C(C(=O)O)C(=O)O)s2)s1)c1cccs1. The van der Waals surface area contributed by atoms with Crippen molar-refractivity contribution in [1.29, 1.82) is 10.5 Å². The van der Waals surface area contributed by atoms with E-state index in [-0.39, 0.29) is 0 Å². The fourth-order valence-electron chi connectivity index (χ4n) is 2.49. The van der Waals surface area contributed by atoms with Gasteiger partial charge in [0, 0.05) is 24.4 Å². The first kappa shape index (κ1) is 21.9. The Morgan fingerprint density at radius 1 is 0.774 bits per heavy atom. The third kappa shape index (κ3) is 5.44. The van der Waals surface area contributed by atoms with E-state index in [1.54, 1.807) is 24.3 Å². The predicted octanol–water partition coefficient (Wildman–Crippen LogP) is 5.55. The molecule has 0 saturated carbocycles. The van der Waals surface area contributed by atoms with Crippen molar-refractivity contribution in [1.82, 2.24) is 0 Å². The molecule has 0 fully saturated rings. The Labute approximate surface area is 189 Å². The van der Waals surface area contributed by atoms with Crippen LogP contribution in [0, 0.1) is 22.7 Å². The molecule has 31 heavy (non-hydrogen) atoms. The molecular weight excluding hydrogens is 452 g/mol. The van der Waals surface area contributed by atoms with Gasteiger partial charge in [-0.2, -0.15) is 10.5 Å². The highest BCUT2D eigenvalue weighted by Crippen LogP contribution is 2.30. The van der Waals surface area contributed by atoms with Crippen LogP contribution in [0.25, 0.3) is 29.4 Å². The fourth-order valence-corrected chi connectivity index (χ4v) is 5.00. The number of carboxylic acids is 2. The number of hydrogen-bond donors (Lipinski definition) is 2. The second-order valence-electron chi connectivity index (χ2n) is 5.93. The van der Waals surface area contributed by atoms with E-state index < -0.39 is 17.5 Å². The largest absolute Gasteiger partial charge is 0.477 e. The normalized spacial score (nSPS) is 11.4. The Bertz CT molecular complexity index is 1290. The lowest BCUT2D eigenvalue weighted by Gasteiger charge is -1.94. The van der Waals surface area contributed by atoms with Crippen LogP contribution in [0.5, 0.6) is 0 Å². The Morgan fingerprint density at radius 2 is 1.32 bits per heavy atom. The number of allylic oxidation sites excluding steroid dienone is 2. The Kier molecular flexibility index (Phi) is 6.96. The molecule has 0 radical (unpaired) electrons. The van der Waals surface area contributed by atoms with Crippen LogP contribution >= 0.6 is 34.0 Å². The standard InChI is InChI=1S/C22H12N2O4S3/c23-11-13(19-2-1-7-29-19)8-15-3-4-16(30-15)9-14(12-24)20-6-5-17(31-20)10-18(21(25)26)22(27)28/h1-10H,(H,25,26)(H,27,28)/b13-8+,14-9+. The second kappa shape index (κ2) is 9.83. The molecule has 152 valence electrons. The van der Waals surface area contributed by atoms with Gasteiger partial charge in [-0.25, -0.2) is 9.59 Å². The fraction of sp³-hybridized carbons (Fsp3) is 0. The lowest BCUT2D eigenvalue weighted by molar-refractivity contribution is -0.140. The van der Waals surface area contributed by atoms with E-state index in [9.17, 15) is 20.1 Å². The first-order chi connectivity index (χ1) is 14.9. The van der Waals surface area contributed by atoms with Gasteiger partial charge in [-0.3, -0.25) is 0 Å². The highest BCUT2D eigenvalue weighted by molar-refractivity contribution is 7.15. The van der Waals surface area contributed by atoms with E-state index in [4.69, 9.17) is 10.2 Å². The third-order valence-electron chi connectivity index (χ3n) is 3.89. The average molecular weight is 465 g/mol.